The lowest BCUT2D eigenvalue weighted by Crippen LogP contribution is -2.26. The predicted molar refractivity (Wildman–Crippen MR) is 128 cm³/mol. The maximum atomic E-state index is 11.9. The van der Waals surface area contributed by atoms with E-state index in [4.69, 9.17) is 9.47 Å². The standard InChI is InChI=1S/C25H26N4O4S/c1-27-34(30,31)17-19-4-2-3-18(13-19)14-25-28-10-7-23(29-25)20-5-6-24(21(15-20)16-26)33-22-8-11-32-12-9-22/h2-7,10,13,15,22,27H,8-9,11-12,14,17H2,1H3. The Labute approximate surface area is 199 Å². The highest BCUT2D eigenvalue weighted by atomic mass is 32.2. The average Bonchev–Trinajstić information content (AvgIpc) is 2.85. The Morgan fingerprint density at radius 3 is 2.71 bits per heavy atom. The van der Waals surface area contributed by atoms with Crippen molar-refractivity contribution in [2.24, 2.45) is 0 Å². The molecular weight excluding hydrogens is 452 g/mol. The number of aromatic nitrogens is 2. The molecule has 0 bridgehead atoms. The summed E-state index contributed by atoms with van der Waals surface area (Å²) in [5.74, 6) is 1.09. The van der Waals surface area contributed by atoms with E-state index in [1.165, 1.54) is 7.05 Å². The van der Waals surface area contributed by atoms with E-state index in [0.717, 1.165) is 24.0 Å². The van der Waals surface area contributed by atoms with Gasteiger partial charge in [0, 0.05) is 31.0 Å². The molecule has 0 radical (unpaired) electrons. The summed E-state index contributed by atoms with van der Waals surface area (Å²) in [4.78, 5) is 9.05. The van der Waals surface area contributed by atoms with E-state index < -0.39 is 10.0 Å². The van der Waals surface area contributed by atoms with Gasteiger partial charge >= 0.3 is 0 Å². The summed E-state index contributed by atoms with van der Waals surface area (Å²) >= 11 is 0. The molecule has 9 heteroatoms. The third kappa shape index (κ3) is 6.17. The zero-order valence-corrected chi connectivity index (χ0v) is 19.7. The maximum Gasteiger partial charge on any atom is 0.215 e. The molecule has 1 saturated heterocycles. The van der Waals surface area contributed by atoms with Crippen molar-refractivity contribution in [2.45, 2.75) is 31.1 Å². The van der Waals surface area contributed by atoms with Crippen molar-refractivity contribution in [1.29, 1.82) is 5.26 Å². The second kappa shape index (κ2) is 10.7. The van der Waals surface area contributed by atoms with Crippen molar-refractivity contribution in [3.63, 3.8) is 0 Å². The summed E-state index contributed by atoms with van der Waals surface area (Å²) in [5, 5.41) is 9.66. The summed E-state index contributed by atoms with van der Waals surface area (Å²) < 4.78 is 37.5. The lowest BCUT2D eigenvalue weighted by molar-refractivity contribution is 0.0254. The number of hydrogen-bond donors (Lipinski definition) is 1. The summed E-state index contributed by atoms with van der Waals surface area (Å²) in [5.41, 5.74) is 3.57. The van der Waals surface area contributed by atoms with E-state index in [1.54, 1.807) is 24.4 Å². The van der Waals surface area contributed by atoms with Crippen LogP contribution in [-0.4, -0.2) is 44.8 Å². The second-order valence-electron chi connectivity index (χ2n) is 8.07. The highest BCUT2D eigenvalue weighted by Gasteiger charge is 2.18. The maximum absolute atomic E-state index is 11.9. The highest BCUT2D eigenvalue weighted by Crippen LogP contribution is 2.27. The molecule has 0 saturated carbocycles. The van der Waals surface area contributed by atoms with Crippen LogP contribution in [-0.2, 0) is 26.9 Å². The zero-order chi connectivity index (χ0) is 24.0. The van der Waals surface area contributed by atoms with E-state index in [0.29, 0.717) is 48.0 Å². The highest BCUT2D eigenvalue weighted by molar-refractivity contribution is 7.88. The third-order valence-corrected chi connectivity index (χ3v) is 6.92. The van der Waals surface area contributed by atoms with Gasteiger partial charge in [-0.25, -0.2) is 23.1 Å². The van der Waals surface area contributed by atoms with Gasteiger partial charge in [0.1, 0.15) is 23.7 Å². The van der Waals surface area contributed by atoms with Crippen LogP contribution in [0.5, 0.6) is 5.75 Å². The summed E-state index contributed by atoms with van der Waals surface area (Å²) in [6.45, 7) is 1.34. The van der Waals surface area contributed by atoms with Gasteiger partial charge in [-0.2, -0.15) is 5.26 Å². The Balaban J connectivity index is 1.52. The van der Waals surface area contributed by atoms with Crippen molar-refractivity contribution >= 4 is 10.0 Å². The Kier molecular flexibility index (Phi) is 7.53. The van der Waals surface area contributed by atoms with E-state index in [-0.39, 0.29) is 11.9 Å². The molecule has 0 amide bonds. The fourth-order valence-electron chi connectivity index (χ4n) is 3.80. The number of sulfonamides is 1. The van der Waals surface area contributed by atoms with Gasteiger partial charge in [-0.3, -0.25) is 0 Å². The molecule has 1 N–H and O–H groups in total. The number of rotatable bonds is 8. The van der Waals surface area contributed by atoms with E-state index in [9.17, 15) is 13.7 Å². The number of nitrogens with zero attached hydrogens (tertiary/aromatic N) is 3. The van der Waals surface area contributed by atoms with Crippen LogP contribution in [0.1, 0.15) is 35.4 Å². The van der Waals surface area contributed by atoms with Crippen LogP contribution >= 0.6 is 0 Å². The molecule has 2 heterocycles. The number of nitrogens with one attached hydrogen (secondary N) is 1. The Hall–Kier alpha value is -3.32. The first-order valence-electron chi connectivity index (χ1n) is 11.1. The molecule has 8 nitrogen and oxygen atoms in total. The van der Waals surface area contributed by atoms with Crippen LogP contribution < -0.4 is 9.46 Å². The van der Waals surface area contributed by atoms with Gasteiger partial charge in [0.2, 0.25) is 10.0 Å². The van der Waals surface area contributed by atoms with Crippen molar-refractivity contribution in [3.8, 4) is 23.1 Å². The van der Waals surface area contributed by atoms with Crippen molar-refractivity contribution in [2.75, 3.05) is 20.3 Å². The quantitative estimate of drug-likeness (QED) is 0.529. The lowest BCUT2D eigenvalue weighted by Gasteiger charge is -2.23. The van der Waals surface area contributed by atoms with E-state index in [1.807, 2.05) is 30.3 Å². The first-order valence-corrected chi connectivity index (χ1v) is 12.7. The molecule has 4 rings (SSSR count). The largest absolute Gasteiger partial charge is 0.489 e. The first-order chi connectivity index (χ1) is 16.5. The molecule has 0 spiro atoms. The molecule has 2 aromatic carbocycles. The molecule has 1 fully saturated rings. The van der Waals surface area contributed by atoms with Crippen LogP contribution in [0.25, 0.3) is 11.3 Å². The summed E-state index contributed by atoms with van der Waals surface area (Å²) in [6.07, 6.45) is 3.81. The topological polar surface area (TPSA) is 114 Å². The van der Waals surface area contributed by atoms with Crippen molar-refractivity contribution in [3.05, 3.63) is 77.2 Å². The number of hydrogen-bond acceptors (Lipinski definition) is 7. The SMILES string of the molecule is CNS(=O)(=O)Cc1cccc(Cc2nccc(-c3ccc(OC4CCOCC4)c(C#N)c3)n2)c1. The van der Waals surface area contributed by atoms with Crippen LogP contribution in [0.3, 0.4) is 0 Å². The monoisotopic (exact) mass is 478 g/mol. The number of benzene rings is 2. The van der Waals surface area contributed by atoms with Crippen LogP contribution in [0.4, 0.5) is 0 Å². The van der Waals surface area contributed by atoms with Gasteiger partial charge < -0.3 is 9.47 Å². The molecule has 34 heavy (non-hydrogen) atoms. The van der Waals surface area contributed by atoms with Gasteiger partial charge in [-0.05, 0) is 42.4 Å². The van der Waals surface area contributed by atoms with Gasteiger partial charge in [-0.1, -0.05) is 24.3 Å². The van der Waals surface area contributed by atoms with Gasteiger partial charge in [-0.15, -0.1) is 0 Å². The molecule has 1 aromatic heterocycles. The van der Waals surface area contributed by atoms with Gasteiger partial charge in [0.25, 0.3) is 0 Å². The zero-order valence-electron chi connectivity index (χ0n) is 18.9. The van der Waals surface area contributed by atoms with E-state index in [2.05, 4.69) is 20.8 Å². The Morgan fingerprint density at radius 2 is 1.94 bits per heavy atom. The van der Waals surface area contributed by atoms with Crippen LogP contribution in [0, 0.1) is 11.3 Å². The molecule has 0 aliphatic carbocycles. The number of ether oxygens (including phenoxy) is 2. The minimum absolute atomic E-state index is 0.0520. The van der Waals surface area contributed by atoms with Crippen molar-refractivity contribution in [1.82, 2.24) is 14.7 Å². The first kappa shape index (κ1) is 23.8. The molecule has 0 unspecified atom stereocenters. The fraction of sp³-hybridized carbons (Fsp3) is 0.320. The number of nitriles is 1. The molecule has 176 valence electrons. The molecular formula is C25H26N4O4S. The van der Waals surface area contributed by atoms with Gasteiger partial charge in [0.05, 0.1) is 30.2 Å². The van der Waals surface area contributed by atoms with E-state index >= 15 is 0 Å². The molecule has 3 aromatic rings. The third-order valence-electron chi connectivity index (χ3n) is 5.58. The smallest absolute Gasteiger partial charge is 0.215 e. The molecule has 1 aliphatic heterocycles. The molecule has 1 aliphatic rings. The minimum Gasteiger partial charge on any atom is -0.489 e. The fourth-order valence-corrected chi connectivity index (χ4v) is 4.56. The predicted octanol–water partition coefficient (Wildman–Crippen LogP) is 3.21. The summed E-state index contributed by atoms with van der Waals surface area (Å²) in [7, 11) is -1.95. The van der Waals surface area contributed by atoms with Gasteiger partial charge in [0.15, 0.2) is 0 Å². The minimum atomic E-state index is -3.35. The normalized spacial score (nSPS) is 14.5. The van der Waals surface area contributed by atoms with Crippen molar-refractivity contribution < 1.29 is 17.9 Å². The second-order valence-corrected chi connectivity index (χ2v) is 10.00. The lowest BCUT2D eigenvalue weighted by atomic mass is 10.1. The summed E-state index contributed by atoms with van der Waals surface area (Å²) in [6, 6.07) is 16.9. The van der Waals surface area contributed by atoms with Crippen LogP contribution in [0.15, 0.2) is 54.7 Å². The molecule has 0 atom stereocenters. The van der Waals surface area contributed by atoms with Crippen LogP contribution in [0.2, 0.25) is 0 Å². The average molecular weight is 479 g/mol. The Bertz CT molecular complexity index is 1300. The Morgan fingerprint density at radius 1 is 1.15 bits per heavy atom.